The van der Waals surface area contributed by atoms with Gasteiger partial charge in [-0.25, -0.2) is 0 Å². The minimum Gasteiger partial charge on any atom is -0.365 e. The molecule has 0 aromatic carbocycles. The lowest BCUT2D eigenvalue weighted by molar-refractivity contribution is 0.0614. The molecule has 2 rings (SSSR count). The van der Waals surface area contributed by atoms with Gasteiger partial charge in [0, 0.05) is 20.7 Å². The maximum Gasteiger partial charge on any atom is 0.161 e. The van der Waals surface area contributed by atoms with Gasteiger partial charge in [-0.15, -0.1) is 0 Å². The van der Waals surface area contributed by atoms with E-state index in [1.165, 1.54) is 6.42 Å². The van der Waals surface area contributed by atoms with E-state index in [1.807, 2.05) is 14.1 Å². The molecule has 2 unspecified atom stereocenters. The van der Waals surface area contributed by atoms with Gasteiger partial charge in [-0.3, -0.25) is 4.99 Å². The van der Waals surface area contributed by atoms with Crippen molar-refractivity contribution in [1.29, 1.82) is 0 Å². The van der Waals surface area contributed by atoms with Crippen LogP contribution >= 0.6 is 11.8 Å². The van der Waals surface area contributed by atoms with Crippen LogP contribution in [0.3, 0.4) is 0 Å². The van der Waals surface area contributed by atoms with Gasteiger partial charge in [-0.05, 0) is 12.8 Å². The van der Waals surface area contributed by atoms with Gasteiger partial charge < -0.3 is 9.64 Å². The third kappa shape index (κ3) is 1.45. The summed E-state index contributed by atoms with van der Waals surface area (Å²) in [6.45, 7) is 0.907. The number of aliphatic imine (C=N–C) groups is 1. The summed E-state index contributed by atoms with van der Waals surface area (Å²) in [6, 6.07) is 0.418. The number of hydrogen-bond donors (Lipinski definition) is 0. The molecule has 2 aliphatic heterocycles. The van der Waals surface area contributed by atoms with Crippen molar-refractivity contribution in [2.75, 3.05) is 20.7 Å². The average molecular weight is 186 g/mol. The second-order valence-corrected chi connectivity index (χ2v) is 4.44. The van der Waals surface area contributed by atoms with Crippen LogP contribution in [-0.4, -0.2) is 42.2 Å². The Hall–Kier alpha value is -0.220. The summed E-state index contributed by atoms with van der Waals surface area (Å²) in [5.41, 5.74) is 0.302. The monoisotopic (exact) mass is 186 g/mol. The van der Waals surface area contributed by atoms with Crippen LogP contribution in [-0.2, 0) is 4.74 Å². The molecule has 0 N–H and O–H groups in total. The molecule has 12 heavy (non-hydrogen) atoms. The second-order valence-electron chi connectivity index (χ2n) is 3.37. The Morgan fingerprint density at radius 1 is 1.58 bits per heavy atom. The molecule has 3 nitrogen and oxygen atoms in total. The molecule has 0 saturated carbocycles. The fraction of sp³-hybridized carbons (Fsp3) is 0.875. The quantitative estimate of drug-likeness (QED) is 0.567. The molecule has 0 amide bonds. The van der Waals surface area contributed by atoms with E-state index in [4.69, 9.17) is 4.74 Å². The first-order chi connectivity index (χ1) is 5.77. The molecule has 0 spiro atoms. The Labute approximate surface area is 77.2 Å². The fourth-order valence-corrected chi connectivity index (χ4v) is 2.61. The maximum absolute atomic E-state index is 5.60. The molecule has 2 aliphatic rings. The van der Waals surface area contributed by atoms with Crippen LogP contribution in [0.15, 0.2) is 4.99 Å². The molecule has 0 aromatic rings. The van der Waals surface area contributed by atoms with E-state index in [9.17, 15) is 0 Å². The standard InChI is InChI=1S/C8H14N2OS/c1-10(2)8-9-6-4-3-5-11-7(6)12-8/h6-7H,3-5H2,1-2H3. The van der Waals surface area contributed by atoms with Gasteiger partial charge in [-0.2, -0.15) is 0 Å². The van der Waals surface area contributed by atoms with Crippen LogP contribution in [0.1, 0.15) is 12.8 Å². The number of ether oxygens (including phenoxy) is 1. The summed E-state index contributed by atoms with van der Waals surface area (Å²) in [4.78, 5) is 6.65. The fourth-order valence-electron chi connectivity index (χ4n) is 1.47. The minimum absolute atomic E-state index is 0.302. The minimum atomic E-state index is 0.302. The Morgan fingerprint density at radius 2 is 2.42 bits per heavy atom. The molecule has 4 heteroatoms. The molecule has 1 saturated heterocycles. The molecule has 2 atom stereocenters. The van der Waals surface area contributed by atoms with Gasteiger partial charge in [0.2, 0.25) is 0 Å². The Kier molecular flexibility index (Phi) is 2.28. The maximum atomic E-state index is 5.60. The molecule has 2 heterocycles. The third-order valence-electron chi connectivity index (χ3n) is 2.12. The Morgan fingerprint density at radius 3 is 3.08 bits per heavy atom. The zero-order valence-electron chi connectivity index (χ0n) is 7.49. The van der Waals surface area contributed by atoms with Crippen molar-refractivity contribution in [3.8, 4) is 0 Å². The number of thioether (sulfide) groups is 1. The van der Waals surface area contributed by atoms with Gasteiger partial charge >= 0.3 is 0 Å². The van der Waals surface area contributed by atoms with Crippen LogP contribution in [0.25, 0.3) is 0 Å². The highest BCUT2D eigenvalue weighted by Gasteiger charge is 2.33. The zero-order chi connectivity index (χ0) is 8.55. The van der Waals surface area contributed by atoms with Gasteiger partial charge in [0.05, 0.1) is 6.04 Å². The summed E-state index contributed by atoms with van der Waals surface area (Å²) in [5.74, 6) is 0. The lowest BCUT2D eigenvalue weighted by atomic mass is 10.1. The lowest BCUT2D eigenvalue weighted by Gasteiger charge is -2.22. The summed E-state index contributed by atoms with van der Waals surface area (Å²) in [7, 11) is 4.06. The highest BCUT2D eigenvalue weighted by molar-refractivity contribution is 8.14. The van der Waals surface area contributed by atoms with Crippen LogP contribution < -0.4 is 0 Å². The van der Waals surface area contributed by atoms with E-state index in [1.54, 1.807) is 11.8 Å². The largest absolute Gasteiger partial charge is 0.365 e. The van der Waals surface area contributed by atoms with Crippen LogP contribution in [0.4, 0.5) is 0 Å². The van der Waals surface area contributed by atoms with Gasteiger partial charge in [0.25, 0.3) is 0 Å². The van der Waals surface area contributed by atoms with E-state index in [0.717, 1.165) is 18.2 Å². The Balaban J connectivity index is 2.04. The molecular formula is C8H14N2OS. The summed E-state index contributed by atoms with van der Waals surface area (Å²) < 4.78 is 5.60. The molecule has 1 fully saturated rings. The second kappa shape index (κ2) is 3.26. The lowest BCUT2D eigenvalue weighted by Crippen LogP contribution is -2.26. The number of rotatable bonds is 0. The highest BCUT2D eigenvalue weighted by Crippen LogP contribution is 2.33. The van der Waals surface area contributed by atoms with Crippen molar-refractivity contribution in [2.24, 2.45) is 4.99 Å². The van der Waals surface area contributed by atoms with E-state index in [-0.39, 0.29) is 0 Å². The van der Waals surface area contributed by atoms with Gasteiger partial charge in [0.15, 0.2) is 5.17 Å². The summed E-state index contributed by atoms with van der Waals surface area (Å²) in [6.07, 6.45) is 2.35. The van der Waals surface area contributed by atoms with Crippen LogP contribution in [0, 0.1) is 0 Å². The molecule has 68 valence electrons. The first-order valence-electron chi connectivity index (χ1n) is 4.31. The van der Waals surface area contributed by atoms with Crippen molar-refractivity contribution < 1.29 is 4.74 Å². The van der Waals surface area contributed by atoms with Crippen LogP contribution in [0.5, 0.6) is 0 Å². The molecule has 0 aliphatic carbocycles. The summed E-state index contributed by atoms with van der Waals surface area (Å²) in [5, 5.41) is 1.12. The SMILES string of the molecule is CN(C)C1=NC2CCCOC2S1. The number of nitrogens with zero attached hydrogens (tertiary/aromatic N) is 2. The smallest absolute Gasteiger partial charge is 0.161 e. The number of hydrogen-bond acceptors (Lipinski definition) is 4. The molecule has 0 radical (unpaired) electrons. The topological polar surface area (TPSA) is 24.8 Å². The average Bonchev–Trinajstić information content (AvgIpc) is 2.46. The van der Waals surface area contributed by atoms with Crippen molar-refractivity contribution in [3.05, 3.63) is 0 Å². The number of fused-ring (bicyclic) bond motifs is 1. The van der Waals surface area contributed by atoms with Gasteiger partial charge in [0.1, 0.15) is 5.44 Å². The van der Waals surface area contributed by atoms with Crippen LogP contribution in [0.2, 0.25) is 0 Å². The van der Waals surface area contributed by atoms with Crippen molar-refractivity contribution in [3.63, 3.8) is 0 Å². The zero-order valence-corrected chi connectivity index (χ0v) is 8.30. The summed E-state index contributed by atoms with van der Waals surface area (Å²) >= 11 is 1.76. The van der Waals surface area contributed by atoms with E-state index in [0.29, 0.717) is 11.5 Å². The predicted molar refractivity (Wildman–Crippen MR) is 51.5 cm³/mol. The van der Waals surface area contributed by atoms with Crippen molar-refractivity contribution >= 4 is 16.9 Å². The first-order valence-corrected chi connectivity index (χ1v) is 5.19. The van der Waals surface area contributed by atoms with E-state index in [2.05, 4.69) is 9.89 Å². The van der Waals surface area contributed by atoms with Gasteiger partial charge in [-0.1, -0.05) is 11.8 Å². The van der Waals surface area contributed by atoms with E-state index < -0.39 is 0 Å². The predicted octanol–water partition coefficient (Wildman–Crippen LogP) is 1.16. The third-order valence-corrected chi connectivity index (χ3v) is 3.48. The van der Waals surface area contributed by atoms with E-state index >= 15 is 0 Å². The normalized spacial score (nSPS) is 34.3. The molecular weight excluding hydrogens is 172 g/mol. The van der Waals surface area contributed by atoms with Crippen molar-refractivity contribution in [1.82, 2.24) is 4.90 Å². The number of amidine groups is 1. The molecule has 0 aromatic heterocycles. The highest BCUT2D eigenvalue weighted by atomic mass is 32.2. The Bertz CT molecular complexity index is 205. The van der Waals surface area contributed by atoms with Crippen molar-refractivity contribution in [2.45, 2.75) is 24.3 Å². The molecule has 0 bridgehead atoms. The first kappa shape index (κ1) is 8.38.